The van der Waals surface area contributed by atoms with E-state index in [1.807, 2.05) is 0 Å². The molecule has 0 atom stereocenters. The minimum atomic E-state index is -3.68. The molecular weight excluding hydrogens is 282 g/mol. The molecule has 2 amide bonds. The SMILES string of the molecule is NC(=O)NCCNS(=O)(=O)c1cccc(C#CCO)c1. The van der Waals surface area contributed by atoms with Crippen molar-refractivity contribution < 1.29 is 18.3 Å². The van der Waals surface area contributed by atoms with Crippen molar-refractivity contribution in [1.29, 1.82) is 0 Å². The minimum absolute atomic E-state index is 0.0256. The molecule has 0 aliphatic heterocycles. The van der Waals surface area contributed by atoms with Gasteiger partial charge in [0.15, 0.2) is 0 Å². The predicted molar refractivity (Wildman–Crippen MR) is 73.2 cm³/mol. The number of rotatable bonds is 5. The number of nitrogens with one attached hydrogen (secondary N) is 2. The fraction of sp³-hybridized carbons (Fsp3) is 0.250. The highest BCUT2D eigenvalue weighted by atomic mass is 32.2. The Morgan fingerprint density at radius 2 is 2.10 bits per heavy atom. The lowest BCUT2D eigenvalue weighted by atomic mass is 10.2. The lowest BCUT2D eigenvalue weighted by molar-refractivity contribution is 0.249. The van der Waals surface area contributed by atoms with Crippen molar-refractivity contribution in [3.05, 3.63) is 29.8 Å². The minimum Gasteiger partial charge on any atom is -0.384 e. The highest BCUT2D eigenvalue weighted by molar-refractivity contribution is 7.89. The van der Waals surface area contributed by atoms with E-state index in [-0.39, 0.29) is 24.6 Å². The Balaban J connectivity index is 2.74. The molecule has 1 aromatic carbocycles. The van der Waals surface area contributed by atoms with E-state index in [0.717, 1.165) is 0 Å². The standard InChI is InChI=1S/C12H15N3O4S/c13-12(17)14-6-7-15-20(18,19)11-5-1-3-10(9-11)4-2-8-16/h1,3,5,9,15-16H,6-8H2,(H3,13,14,17). The van der Waals surface area contributed by atoms with Crippen molar-refractivity contribution in [2.45, 2.75) is 4.90 Å². The molecule has 0 unspecified atom stereocenters. The number of aliphatic hydroxyl groups excluding tert-OH is 1. The molecule has 0 saturated heterocycles. The van der Waals surface area contributed by atoms with E-state index >= 15 is 0 Å². The zero-order chi connectivity index (χ0) is 15.0. The van der Waals surface area contributed by atoms with Gasteiger partial charge in [0.25, 0.3) is 0 Å². The molecule has 0 spiro atoms. The average molecular weight is 297 g/mol. The molecule has 7 nitrogen and oxygen atoms in total. The number of primary amides is 1. The lowest BCUT2D eigenvalue weighted by Crippen LogP contribution is -2.37. The van der Waals surface area contributed by atoms with Gasteiger partial charge in [-0.3, -0.25) is 0 Å². The summed E-state index contributed by atoms with van der Waals surface area (Å²) in [5.41, 5.74) is 5.34. The van der Waals surface area contributed by atoms with E-state index in [9.17, 15) is 13.2 Å². The second kappa shape index (κ2) is 7.49. The van der Waals surface area contributed by atoms with Gasteiger partial charge < -0.3 is 16.2 Å². The predicted octanol–water partition coefficient (Wildman–Crippen LogP) is -1.02. The summed E-state index contributed by atoms with van der Waals surface area (Å²) in [6, 6.07) is 5.29. The maximum Gasteiger partial charge on any atom is 0.312 e. The summed E-state index contributed by atoms with van der Waals surface area (Å²) in [4.78, 5) is 10.5. The molecule has 0 aromatic heterocycles. The number of urea groups is 1. The number of hydrogen-bond donors (Lipinski definition) is 4. The fourth-order valence-electron chi connectivity index (χ4n) is 1.34. The zero-order valence-electron chi connectivity index (χ0n) is 10.6. The largest absolute Gasteiger partial charge is 0.384 e. The first-order valence-corrected chi connectivity index (χ1v) is 7.17. The Bertz CT molecular complexity index is 632. The van der Waals surface area contributed by atoms with Gasteiger partial charge in [-0.05, 0) is 18.2 Å². The number of sulfonamides is 1. The van der Waals surface area contributed by atoms with Crippen LogP contribution in [0.1, 0.15) is 5.56 Å². The molecule has 0 heterocycles. The second-order valence-corrected chi connectivity index (χ2v) is 5.44. The van der Waals surface area contributed by atoms with Gasteiger partial charge in [0.05, 0.1) is 4.90 Å². The van der Waals surface area contributed by atoms with Crippen LogP contribution in [0.4, 0.5) is 4.79 Å². The van der Waals surface area contributed by atoms with Crippen molar-refractivity contribution in [2.75, 3.05) is 19.7 Å². The average Bonchev–Trinajstić information content (AvgIpc) is 2.41. The maximum atomic E-state index is 12.0. The van der Waals surface area contributed by atoms with Crippen LogP contribution >= 0.6 is 0 Å². The summed E-state index contributed by atoms with van der Waals surface area (Å²) in [6.45, 7) is -0.176. The van der Waals surface area contributed by atoms with E-state index in [0.29, 0.717) is 5.56 Å². The molecule has 0 radical (unpaired) electrons. The van der Waals surface area contributed by atoms with Crippen molar-refractivity contribution in [2.24, 2.45) is 5.73 Å². The summed E-state index contributed by atoms with van der Waals surface area (Å²) in [7, 11) is -3.68. The topological polar surface area (TPSA) is 122 Å². The van der Waals surface area contributed by atoms with Crippen LogP contribution in [0.15, 0.2) is 29.2 Å². The van der Waals surface area contributed by atoms with Crippen molar-refractivity contribution in [3.63, 3.8) is 0 Å². The van der Waals surface area contributed by atoms with E-state index in [1.165, 1.54) is 12.1 Å². The van der Waals surface area contributed by atoms with Crippen LogP contribution < -0.4 is 15.8 Å². The van der Waals surface area contributed by atoms with Crippen LogP contribution in [-0.2, 0) is 10.0 Å². The van der Waals surface area contributed by atoms with Crippen LogP contribution in [0.25, 0.3) is 0 Å². The smallest absolute Gasteiger partial charge is 0.312 e. The Labute approximate surface area is 117 Å². The first-order chi connectivity index (χ1) is 9.45. The first kappa shape index (κ1) is 16.0. The highest BCUT2D eigenvalue weighted by Gasteiger charge is 2.13. The number of hydrogen-bond acceptors (Lipinski definition) is 4. The summed E-state index contributed by atoms with van der Waals surface area (Å²) in [5, 5.41) is 10.9. The second-order valence-electron chi connectivity index (χ2n) is 3.68. The number of amides is 2. The Kier molecular flexibility index (Phi) is 5.99. The highest BCUT2D eigenvalue weighted by Crippen LogP contribution is 2.10. The number of carbonyl (C=O) groups is 1. The Hall–Kier alpha value is -2.08. The third-order valence-corrected chi connectivity index (χ3v) is 3.63. The molecule has 108 valence electrons. The zero-order valence-corrected chi connectivity index (χ0v) is 11.4. The van der Waals surface area contributed by atoms with Crippen LogP contribution in [0.3, 0.4) is 0 Å². The third-order valence-electron chi connectivity index (χ3n) is 2.17. The molecule has 1 rings (SSSR count). The molecular formula is C12H15N3O4S. The number of benzene rings is 1. The van der Waals surface area contributed by atoms with Crippen LogP contribution in [0.5, 0.6) is 0 Å². The van der Waals surface area contributed by atoms with Gasteiger partial charge >= 0.3 is 6.03 Å². The fourth-order valence-corrected chi connectivity index (χ4v) is 2.41. The summed E-state index contributed by atoms with van der Waals surface area (Å²) < 4.78 is 26.2. The molecule has 5 N–H and O–H groups in total. The van der Waals surface area contributed by atoms with Crippen molar-refractivity contribution in [1.82, 2.24) is 10.0 Å². The van der Waals surface area contributed by atoms with Crippen molar-refractivity contribution >= 4 is 16.1 Å². The summed E-state index contributed by atoms with van der Waals surface area (Å²) in [5.74, 6) is 5.06. The first-order valence-electron chi connectivity index (χ1n) is 5.68. The van der Waals surface area contributed by atoms with Gasteiger partial charge in [0, 0.05) is 18.7 Å². The number of aliphatic hydroxyl groups is 1. The molecule has 0 saturated carbocycles. The van der Waals surface area contributed by atoms with E-state index in [1.54, 1.807) is 12.1 Å². The molecule has 20 heavy (non-hydrogen) atoms. The van der Waals surface area contributed by atoms with Gasteiger partial charge in [-0.15, -0.1) is 0 Å². The molecule has 0 aliphatic rings. The number of carbonyl (C=O) groups excluding carboxylic acids is 1. The molecule has 8 heteroatoms. The lowest BCUT2D eigenvalue weighted by Gasteiger charge is -2.07. The van der Waals surface area contributed by atoms with Gasteiger partial charge in [-0.1, -0.05) is 17.9 Å². The molecule has 0 bridgehead atoms. The monoisotopic (exact) mass is 297 g/mol. The normalized spacial score (nSPS) is 10.4. The van der Waals surface area contributed by atoms with E-state index in [4.69, 9.17) is 10.8 Å². The maximum absolute atomic E-state index is 12.0. The van der Waals surface area contributed by atoms with E-state index < -0.39 is 16.1 Å². The third kappa shape index (κ3) is 5.27. The van der Waals surface area contributed by atoms with E-state index in [2.05, 4.69) is 21.9 Å². The van der Waals surface area contributed by atoms with Crippen molar-refractivity contribution in [3.8, 4) is 11.8 Å². The van der Waals surface area contributed by atoms with Crippen LogP contribution in [0, 0.1) is 11.8 Å². The van der Waals surface area contributed by atoms with Gasteiger partial charge in [-0.2, -0.15) is 0 Å². The van der Waals surface area contributed by atoms with Gasteiger partial charge in [-0.25, -0.2) is 17.9 Å². The van der Waals surface area contributed by atoms with Gasteiger partial charge in [0.1, 0.15) is 6.61 Å². The molecule has 0 aliphatic carbocycles. The number of nitrogens with two attached hydrogens (primary N) is 1. The molecule has 1 aromatic rings. The summed E-state index contributed by atoms with van der Waals surface area (Å²) in [6.07, 6.45) is 0. The Morgan fingerprint density at radius 1 is 1.35 bits per heavy atom. The summed E-state index contributed by atoms with van der Waals surface area (Å²) >= 11 is 0. The van der Waals surface area contributed by atoms with Crippen LogP contribution in [-0.4, -0.2) is 39.3 Å². The Morgan fingerprint density at radius 3 is 2.75 bits per heavy atom. The van der Waals surface area contributed by atoms with Crippen LogP contribution in [0.2, 0.25) is 0 Å². The van der Waals surface area contributed by atoms with Gasteiger partial charge in [0.2, 0.25) is 10.0 Å². The molecule has 0 fully saturated rings. The quantitative estimate of drug-likeness (QED) is 0.410.